The molecule has 39 heavy (non-hydrogen) atoms. The average Bonchev–Trinajstić information content (AvgIpc) is 2.97. The molecule has 4 heteroatoms. The van der Waals surface area contributed by atoms with Crippen molar-refractivity contribution in [2.24, 2.45) is 11.8 Å². The van der Waals surface area contributed by atoms with Crippen molar-refractivity contribution in [3.8, 4) is 28.3 Å². The summed E-state index contributed by atoms with van der Waals surface area (Å²) in [4.78, 5) is 21.7. The van der Waals surface area contributed by atoms with E-state index in [4.69, 9.17) is 4.74 Å². The first-order valence-corrected chi connectivity index (χ1v) is 15.2. The van der Waals surface area contributed by atoms with Gasteiger partial charge >= 0.3 is 5.97 Å². The van der Waals surface area contributed by atoms with Crippen LogP contribution in [0.3, 0.4) is 0 Å². The number of rotatable bonds is 17. The highest BCUT2D eigenvalue weighted by atomic mass is 16.5. The maximum atomic E-state index is 12.5. The molecule has 0 fully saturated rings. The zero-order valence-corrected chi connectivity index (χ0v) is 24.6. The van der Waals surface area contributed by atoms with Gasteiger partial charge in [-0.2, -0.15) is 0 Å². The summed E-state index contributed by atoms with van der Waals surface area (Å²) in [7, 11) is 0. The third-order valence-corrected chi connectivity index (χ3v) is 7.83. The van der Waals surface area contributed by atoms with Crippen LogP contribution in [0.15, 0.2) is 60.9 Å². The Labute approximate surface area is 236 Å². The number of unbranched alkanes of at least 4 members (excludes halogenated alkanes) is 8. The molecule has 0 aliphatic carbocycles. The van der Waals surface area contributed by atoms with Gasteiger partial charge in [0, 0.05) is 23.5 Å². The molecule has 1 aromatic heterocycles. The predicted molar refractivity (Wildman–Crippen MR) is 163 cm³/mol. The topological polar surface area (TPSA) is 52.1 Å². The lowest BCUT2D eigenvalue weighted by atomic mass is 9.91. The minimum atomic E-state index is -0.171. The van der Waals surface area contributed by atoms with Crippen molar-refractivity contribution in [3.63, 3.8) is 0 Å². The second-order valence-corrected chi connectivity index (χ2v) is 11.1. The van der Waals surface area contributed by atoms with Crippen LogP contribution in [0, 0.1) is 11.8 Å². The van der Waals surface area contributed by atoms with E-state index in [9.17, 15) is 4.79 Å². The van der Waals surface area contributed by atoms with E-state index in [1.54, 1.807) is 0 Å². The third-order valence-electron chi connectivity index (χ3n) is 7.83. The quantitative estimate of drug-likeness (QED) is 0.0993. The number of carbonyl (C=O) groups excluding carboxylic acids is 1. The molecule has 4 nitrogen and oxygen atoms in total. The Hall–Kier alpha value is -3.01. The van der Waals surface area contributed by atoms with E-state index in [1.807, 2.05) is 43.6 Å². The van der Waals surface area contributed by atoms with E-state index < -0.39 is 0 Å². The maximum absolute atomic E-state index is 12.5. The van der Waals surface area contributed by atoms with Crippen LogP contribution >= 0.6 is 0 Å². The largest absolute Gasteiger partial charge is 0.426 e. The number of esters is 1. The van der Waals surface area contributed by atoms with Crippen molar-refractivity contribution in [2.45, 2.75) is 105 Å². The lowest BCUT2D eigenvalue weighted by molar-refractivity contribution is -0.140. The molecular formula is C35H48N2O2. The van der Waals surface area contributed by atoms with Gasteiger partial charge in [0.05, 0.1) is 5.92 Å². The molecule has 2 atom stereocenters. The fraction of sp³-hybridized carbons (Fsp3) is 0.514. The normalized spacial score (nSPS) is 12.7. The molecule has 0 spiro atoms. The molecule has 0 N–H and O–H groups in total. The molecule has 0 amide bonds. The summed E-state index contributed by atoms with van der Waals surface area (Å²) in [6.45, 7) is 8.52. The van der Waals surface area contributed by atoms with Gasteiger partial charge in [-0.1, -0.05) is 110 Å². The van der Waals surface area contributed by atoms with E-state index in [2.05, 4.69) is 55.0 Å². The third kappa shape index (κ3) is 10.2. The van der Waals surface area contributed by atoms with Crippen LogP contribution < -0.4 is 4.74 Å². The Bertz CT molecular complexity index is 1090. The first-order valence-electron chi connectivity index (χ1n) is 15.2. The van der Waals surface area contributed by atoms with Crippen LogP contribution in [0.2, 0.25) is 0 Å². The van der Waals surface area contributed by atoms with E-state index >= 15 is 0 Å². The lowest BCUT2D eigenvalue weighted by Crippen LogP contribution is -2.23. The molecule has 2 aromatic carbocycles. The SMILES string of the molecule is CCCCCCCCCCc1ccc(-c2cnc(-c3ccc(OC(=O)C(C)C(C)CCCC)cc3)nc2)cc1. The van der Waals surface area contributed by atoms with Gasteiger partial charge in [-0.05, 0) is 60.6 Å². The summed E-state index contributed by atoms with van der Waals surface area (Å²) in [6, 6.07) is 16.3. The number of nitrogens with zero attached hydrogens (tertiary/aromatic N) is 2. The minimum Gasteiger partial charge on any atom is -0.426 e. The van der Waals surface area contributed by atoms with E-state index in [1.165, 1.54) is 56.9 Å². The average molecular weight is 529 g/mol. The summed E-state index contributed by atoms with van der Waals surface area (Å²) >= 11 is 0. The number of hydrogen-bond acceptors (Lipinski definition) is 4. The first-order chi connectivity index (χ1) is 19.0. The highest BCUT2D eigenvalue weighted by Crippen LogP contribution is 2.25. The van der Waals surface area contributed by atoms with Crippen molar-refractivity contribution in [3.05, 3.63) is 66.5 Å². The fourth-order valence-electron chi connectivity index (χ4n) is 4.84. The number of aryl methyl sites for hydroxylation is 1. The van der Waals surface area contributed by atoms with Crippen LogP contribution in [0.1, 0.15) is 104 Å². The standard InChI is InChI=1S/C35H48N2O2/c1-5-7-9-10-11-12-13-14-16-29-17-19-30(20-18-29)32-25-36-34(37-26-32)31-21-23-33(24-22-31)39-35(38)28(4)27(3)15-8-6-2/h17-28H,5-16H2,1-4H3. The van der Waals surface area contributed by atoms with Gasteiger partial charge in [0.2, 0.25) is 0 Å². The van der Waals surface area contributed by atoms with Crippen molar-refractivity contribution >= 4 is 5.97 Å². The Morgan fingerprint density at radius 2 is 1.26 bits per heavy atom. The zero-order chi connectivity index (χ0) is 27.9. The summed E-state index contributed by atoms with van der Waals surface area (Å²) in [6.07, 6.45) is 19.0. The van der Waals surface area contributed by atoms with Crippen LogP contribution in [0.25, 0.3) is 22.5 Å². The van der Waals surface area contributed by atoms with Gasteiger partial charge in [0.15, 0.2) is 5.82 Å². The van der Waals surface area contributed by atoms with E-state index in [0.717, 1.165) is 42.4 Å². The van der Waals surface area contributed by atoms with Crippen LogP contribution in [0.4, 0.5) is 0 Å². The molecule has 3 rings (SSSR count). The Balaban J connectivity index is 1.47. The van der Waals surface area contributed by atoms with Gasteiger partial charge in [0.1, 0.15) is 5.75 Å². The summed E-state index contributed by atoms with van der Waals surface area (Å²) < 4.78 is 5.63. The van der Waals surface area contributed by atoms with Crippen molar-refractivity contribution in [1.82, 2.24) is 9.97 Å². The first kappa shape index (κ1) is 30.5. The smallest absolute Gasteiger partial charge is 0.314 e. The molecule has 210 valence electrons. The molecule has 3 aromatic rings. The molecule has 1 heterocycles. The maximum Gasteiger partial charge on any atom is 0.314 e. The Morgan fingerprint density at radius 3 is 1.87 bits per heavy atom. The summed E-state index contributed by atoms with van der Waals surface area (Å²) in [5.74, 6) is 1.24. The molecule has 2 unspecified atom stereocenters. The van der Waals surface area contributed by atoms with Crippen LogP contribution in [-0.2, 0) is 11.2 Å². The van der Waals surface area contributed by atoms with E-state index in [0.29, 0.717) is 17.5 Å². The molecule has 0 bridgehead atoms. The number of carbonyl (C=O) groups is 1. The summed E-state index contributed by atoms with van der Waals surface area (Å²) in [5, 5.41) is 0. The van der Waals surface area contributed by atoms with Gasteiger partial charge < -0.3 is 4.74 Å². The van der Waals surface area contributed by atoms with Crippen molar-refractivity contribution < 1.29 is 9.53 Å². The summed E-state index contributed by atoms with van der Waals surface area (Å²) in [5.41, 5.74) is 4.43. The molecule has 0 aliphatic rings. The molecular weight excluding hydrogens is 480 g/mol. The predicted octanol–water partition coefficient (Wildman–Crippen LogP) is 9.86. The van der Waals surface area contributed by atoms with E-state index in [-0.39, 0.29) is 11.9 Å². The van der Waals surface area contributed by atoms with Gasteiger partial charge in [-0.15, -0.1) is 0 Å². The van der Waals surface area contributed by atoms with Gasteiger partial charge in [0.25, 0.3) is 0 Å². The van der Waals surface area contributed by atoms with Crippen LogP contribution in [-0.4, -0.2) is 15.9 Å². The van der Waals surface area contributed by atoms with Crippen molar-refractivity contribution in [2.75, 3.05) is 0 Å². The monoisotopic (exact) mass is 528 g/mol. The zero-order valence-electron chi connectivity index (χ0n) is 24.6. The van der Waals surface area contributed by atoms with Gasteiger partial charge in [-0.3, -0.25) is 4.79 Å². The Kier molecular flexibility index (Phi) is 13.2. The highest BCUT2D eigenvalue weighted by Gasteiger charge is 2.21. The number of hydrogen-bond donors (Lipinski definition) is 0. The minimum absolute atomic E-state index is 0.119. The van der Waals surface area contributed by atoms with Crippen molar-refractivity contribution in [1.29, 1.82) is 0 Å². The number of aromatic nitrogens is 2. The molecule has 0 radical (unpaired) electrons. The number of ether oxygens (including phenoxy) is 1. The number of benzene rings is 2. The van der Waals surface area contributed by atoms with Gasteiger partial charge in [-0.25, -0.2) is 9.97 Å². The molecule has 0 saturated carbocycles. The molecule has 0 saturated heterocycles. The molecule has 0 aliphatic heterocycles. The highest BCUT2D eigenvalue weighted by molar-refractivity contribution is 5.75. The second-order valence-electron chi connectivity index (χ2n) is 11.1. The Morgan fingerprint density at radius 1 is 0.692 bits per heavy atom. The second kappa shape index (κ2) is 16.8. The lowest BCUT2D eigenvalue weighted by Gasteiger charge is -2.18. The van der Waals surface area contributed by atoms with Crippen LogP contribution in [0.5, 0.6) is 5.75 Å². The fourth-order valence-corrected chi connectivity index (χ4v) is 4.84.